The lowest BCUT2D eigenvalue weighted by atomic mass is 9.86. The molecule has 4 heterocycles. The number of halogens is 1. The number of benzene rings is 1. The van der Waals surface area contributed by atoms with Gasteiger partial charge in [-0.05, 0) is 66.0 Å². The summed E-state index contributed by atoms with van der Waals surface area (Å²) in [6, 6.07) is 8.39. The molecule has 5 aromatic rings. The number of pyridine rings is 2. The predicted molar refractivity (Wildman–Crippen MR) is 159 cm³/mol. The Hall–Kier alpha value is -4.64. The molecule has 1 aromatic carbocycles. The number of hydrogen-bond acceptors (Lipinski definition) is 7. The minimum Gasteiger partial charge on any atom is -0.392 e. The highest BCUT2D eigenvalue weighted by Gasteiger charge is 2.23. The smallest absolute Gasteiger partial charge is 0.283 e. The second-order valence-corrected chi connectivity index (χ2v) is 12.0. The predicted octanol–water partition coefficient (Wildman–Crippen LogP) is 4.49. The Morgan fingerprint density at radius 2 is 1.93 bits per heavy atom. The summed E-state index contributed by atoms with van der Waals surface area (Å²) in [5.74, 6) is 0.643. The van der Waals surface area contributed by atoms with E-state index in [0.29, 0.717) is 39.5 Å². The molecule has 1 fully saturated rings. The highest BCUT2D eigenvalue weighted by Crippen LogP contribution is 2.33. The van der Waals surface area contributed by atoms with Crippen LogP contribution in [0, 0.1) is 11.7 Å². The fraction of sp³-hybridized carbons (Fsp3) is 0.323. The van der Waals surface area contributed by atoms with Crippen LogP contribution in [0.5, 0.6) is 0 Å². The average Bonchev–Trinajstić information content (AvgIpc) is 3.66. The third-order valence-electron chi connectivity index (χ3n) is 7.69. The molecule has 3 N–H and O–H groups in total. The Morgan fingerprint density at radius 1 is 1.14 bits per heavy atom. The van der Waals surface area contributed by atoms with Crippen molar-refractivity contribution >= 4 is 22.3 Å². The summed E-state index contributed by atoms with van der Waals surface area (Å²) >= 11 is 0. The molecule has 0 amide bonds. The van der Waals surface area contributed by atoms with E-state index in [0.717, 1.165) is 22.4 Å². The van der Waals surface area contributed by atoms with E-state index >= 15 is 4.39 Å². The molecule has 0 spiro atoms. The molecule has 6 rings (SSSR count). The molecule has 0 bridgehead atoms. The average molecular weight is 570 g/mol. The van der Waals surface area contributed by atoms with Crippen molar-refractivity contribution in [2.75, 3.05) is 5.32 Å². The van der Waals surface area contributed by atoms with Crippen LogP contribution in [0.1, 0.15) is 50.4 Å². The number of fused-ring (bicyclic) bond motifs is 1. The molecule has 1 saturated carbocycles. The van der Waals surface area contributed by atoms with Gasteiger partial charge in [-0.3, -0.25) is 14.7 Å². The lowest BCUT2D eigenvalue weighted by Crippen LogP contribution is -2.25. The molecule has 10 nitrogen and oxygen atoms in total. The van der Waals surface area contributed by atoms with Gasteiger partial charge in [0.2, 0.25) is 0 Å². The summed E-state index contributed by atoms with van der Waals surface area (Å²) < 4.78 is 17.7. The lowest BCUT2D eigenvalue weighted by molar-refractivity contribution is 0.281. The first-order valence-corrected chi connectivity index (χ1v) is 13.9. The monoisotopic (exact) mass is 569 g/mol. The van der Waals surface area contributed by atoms with Crippen LogP contribution in [0.15, 0.2) is 58.5 Å². The summed E-state index contributed by atoms with van der Waals surface area (Å²) in [4.78, 5) is 30.9. The Balaban J connectivity index is 1.42. The molecule has 216 valence electrons. The first-order valence-electron chi connectivity index (χ1n) is 13.9. The van der Waals surface area contributed by atoms with Gasteiger partial charge in [-0.15, -0.1) is 0 Å². The van der Waals surface area contributed by atoms with Gasteiger partial charge < -0.3 is 15.0 Å². The van der Waals surface area contributed by atoms with Crippen LogP contribution in [-0.2, 0) is 25.5 Å². The molecule has 0 radical (unpaired) electrons. The van der Waals surface area contributed by atoms with Gasteiger partial charge in [0.15, 0.2) is 11.6 Å². The normalized spacial score (nSPS) is 13.6. The fourth-order valence-electron chi connectivity index (χ4n) is 5.16. The SMILES string of the molecule is Cn1cc(-c2ccnc(-n3ncc4cc(C(C)(C)C)cc(F)c4c3=O)c2CO)cc(Nc2cc(CC3CC3)[nH]n2)c1=O. The number of aliphatic hydroxyl groups is 1. The van der Waals surface area contributed by atoms with Gasteiger partial charge in [0.25, 0.3) is 11.1 Å². The van der Waals surface area contributed by atoms with Crippen molar-refractivity contribution in [3.05, 3.63) is 92.3 Å². The number of nitrogens with one attached hydrogen (secondary N) is 2. The van der Waals surface area contributed by atoms with Crippen LogP contribution in [0.3, 0.4) is 0 Å². The Bertz CT molecular complexity index is 1950. The van der Waals surface area contributed by atoms with Crippen molar-refractivity contribution in [3.63, 3.8) is 0 Å². The summed E-state index contributed by atoms with van der Waals surface area (Å²) in [6.07, 6.45) is 7.92. The molecule has 1 aliphatic carbocycles. The minimum atomic E-state index is -0.687. The second-order valence-electron chi connectivity index (χ2n) is 12.0. The van der Waals surface area contributed by atoms with E-state index in [2.05, 4.69) is 25.6 Å². The molecular weight excluding hydrogens is 537 g/mol. The molecule has 0 aliphatic heterocycles. The lowest BCUT2D eigenvalue weighted by Gasteiger charge is -2.20. The number of aliphatic hydroxyl groups excluding tert-OH is 1. The number of H-pyrrole nitrogens is 1. The van der Waals surface area contributed by atoms with Gasteiger partial charge in [0.05, 0.1) is 18.2 Å². The van der Waals surface area contributed by atoms with E-state index < -0.39 is 18.0 Å². The van der Waals surface area contributed by atoms with Gasteiger partial charge in [-0.1, -0.05) is 20.8 Å². The van der Waals surface area contributed by atoms with Gasteiger partial charge in [-0.2, -0.15) is 14.9 Å². The largest absolute Gasteiger partial charge is 0.392 e. The zero-order valence-corrected chi connectivity index (χ0v) is 23.9. The number of hydrogen-bond donors (Lipinski definition) is 3. The van der Waals surface area contributed by atoms with Gasteiger partial charge in [0, 0.05) is 47.7 Å². The van der Waals surface area contributed by atoms with Crippen molar-refractivity contribution in [3.8, 4) is 16.9 Å². The van der Waals surface area contributed by atoms with Crippen LogP contribution >= 0.6 is 0 Å². The molecule has 0 atom stereocenters. The van der Waals surface area contributed by atoms with Crippen molar-refractivity contribution in [1.82, 2.24) is 29.5 Å². The molecule has 0 unspecified atom stereocenters. The van der Waals surface area contributed by atoms with Crippen LogP contribution in [-0.4, -0.2) is 34.6 Å². The van der Waals surface area contributed by atoms with E-state index in [4.69, 9.17) is 0 Å². The number of rotatable bonds is 7. The maximum Gasteiger partial charge on any atom is 0.283 e. The molecular formula is C31H32FN7O3. The zero-order chi connectivity index (χ0) is 29.8. The summed E-state index contributed by atoms with van der Waals surface area (Å²) in [6.45, 7) is 5.41. The third-order valence-corrected chi connectivity index (χ3v) is 7.69. The van der Waals surface area contributed by atoms with Crippen molar-refractivity contribution in [2.45, 2.75) is 52.1 Å². The molecule has 4 aromatic heterocycles. The minimum absolute atomic E-state index is 0.0709. The van der Waals surface area contributed by atoms with Crippen molar-refractivity contribution < 1.29 is 9.50 Å². The van der Waals surface area contributed by atoms with Crippen molar-refractivity contribution in [2.24, 2.45) is 13.0 Å². The Labute approximate surface area is 240 Å². The van der Waals surface area contributed by atoms with Gasteiger partial charge in [-0.25, -0.2) is 9.37 Å². The number of anilines is 2. The number of aryl methyl sites for hydroxylation is 1. The maximum absolute atomic E-state index is 15.3. The summed E-state index contributed by atoms with van der Waals surface area (Å²) in [5.41, 5.74) is 2.21. The van der Waals surface area contributed by atoms with Gasteiger partial charge in [0.1, 0.15) is 11.5 Å². The van der Waals surface area contributed by atoms with Gasteiger partial charge >= 0.3 is 0 Å². The standard InChI is InChI=1S/C31H32FN7O3/c1-31(2,3)20-10-18-14-34-39(30(42)27(18)24(32)12-20)28-23(16-40)22(7-8-33-28)19-11-25(29(41)38(4)15-19)35-26-13-21(36-37-26)9-17-5-6-17/h7-8,10-15,17,40H,5-6,9,16H2,1-4H3,(H2,35,36,37). The van der Waals surface area contributed by atoms with Crippen LogP contribution in [0.2, 0.25) is 0 Å². The molecule has 42 heavy (non-hydrogen) atoms. The second kappa shape index (κ2) is 10.3. The Morgan fingerprint density at radius 3 is 2.64 bits per heavy atom. The number of nitrogens with zero attached hydrogens (tertiary/aromatic N) is 5. The molecule has 1 aliphatic rings. The third kappa shape index (κ3) is 5.11. The first kappa shape index (κ1) is 27.5. The van der Waals surface area contributed by atoms with Crippen molar-refractivity contribution in [1.29, 1.82) is 0 Å². The molecule has 0 saturated heterocycles. The van der Waals surface area contributed by atoms with E-state index in [9.17, 15) is 14.7 Å². The highest BCUT2D eigenvalue weighted by molar-refractivity contribution is 5.83. The first-order chi connectivity index (χ1) is 20.0. The zero-order valence-electron chi connectivity index (χ0n) is 23.9. The quantitative estimate of drug-likeness (QED) is 0.263. The topological polar surface area (TPSA) is 131 Å². The molecule has 11 heteroatoms. The van der Waals surface area contributed by atoms with Crippen LogP contribution in [0.4, 0.5) is 15.9 Å². The van der Waals surface area contributed by atoms with E-state index in [1.54, 1.807) is 31.4 Å². The number of aromatic amines is 1. The highest BCUT2D eigenvalue weighted by atomic mass is 19.1. The van der Waals surface area contributed by atoms with E-state index in [-0.39, 0.29) is 22.2 Å². The van der Waals surface area contributed by atoms with E-state index in [1.165, 1.54) is 35.9 Å². The van der Waals surface area contributed by atoms with Crippen LogP contribution in [0.25, 0.3) is 27.7 Å². The Kier molecular flexibility index (Phi) is 6.77. The maximum atomic E-state index is 15.3. The fourth-order valence-corrected chi connectivity index (χ4v) is 5.16. The summed E-state index contributed by atoms with van der Waals surface area (Å²) in [5, 5.41) is 25.5. The van der Waals surface area contributed by atoms with Crippen LogP contribution < -0.4 is 16.4 Å². The van der Waals surface area contributed by atoms with E-state index in [1.807, 2.05) is 26.8 Å². The summed E-state index contributed by atoms with van der Waals surface area (Å²) in [7, 11) is 1.63. The number of aromatic nitrogens is 6.